The lowest BCUT2D eigenvalue weighted by Crippen LogP contribution is -2.34. The Morgan fingerprint density at radius 3 is 2.86 bits per heavy atom. The second-order valence-corrected chi connectivity index (χ2v) is 3.93. The van der Waals surface area contributed by atoms with E-state index in [9.17, 15) is 0 Å². The predicted octanol–water partition coefficient (Wildman–Crippen LogP) is 1.56. The first-order valence-electron chi connectivity index (χ1n) is 4.92. The van der Waals surface area contributed by atoms with Gasteiger partial charge in [0.05, 0.1) is 5.92 Å². The van der Waals surface area contributed by atoms with Crippen molar-refractivity contribution in [1.82, 2.24) is 10.2 Å². The summed E-state index contributed by atoms with van der Waals surface area (Å²) >= 11 is 0. The van der Waals surface area contributed by atoms with Gasteiger partial charge in [0, 0.05) is 12.0 Å². The quantitative estimate of drug-likeness (QED) is 0.740. The third-order valence-corrected chi connectivity index (χ3v) is 2.72. The largest absolute Gasteiger partial charge is 0.424 e. The molecule has 1 aromatic rings. The van der Waals surface area contributed by atoms with Gasteiger partial charge in [-0.05, 0) is 12.8 Å². The SMILES string of the molecule is C=C[C@@H](C)c1nnc([C@H]2C[C@H](N)C2)o1. The van der Waals surface area contributed by atoms with Crippen LogP contribution in [0.1, 0.15) is 43.4 Å². The Morgan fingerprint density at radius 1 is 1.57 bits per heavy atom. The Morgan fingerprint density at radius 2 is 2.29 bits per heavy atom. The zero-order valence-corrected chi connectivity index (χ0v) is 8.31. The highest BCUT2D eigenvalue weighted by molar-refractivity contribution is 5.04. The van der Waals surface area contributed by atoms with E-state index in [4.69, 9.17) is 10.2 Å². The summed E-state index contributed by atoms with van der Waals surface area (Å²) in [4.78, 5) is 0. The molecule has 1 aromatic heterocycles. The van der Waals surface area contributed by atoms with Crippen LogP contribution in [-0.2, 0) is 0 Å². The zero-order chi connectivity index (χ0) is 10.1. The summed E-state index contributed by atoms with van der Waals surface area (Å²) in [5, 5.41) is 8.01. The molecule has 0 aromatic carbocycles. The molecule has 4 nitrogen and oxygen atoms in total. The minimum Gasteiger partial charge on any atom is -0.424 e. The highest BCUT2D eigenvalue weighted by Crippen LogP contribution is 2.35. The van der Waals surface area contributed by atoms with Gasteiger partial charge in [-0.2, -0.15) is 0 Å². The Balaban J connectivity index is 2.06. The molecule has 0 aliphatic heterocycles. The van der Waals surface area contributed by atoms with Gasteiger partial charge in [-0.15, -0.1) is 16.8 Å². The van der Waals surface area contributed by atoms with E-state index in [-0.39, 0.29) is 5.92 Å². The number of hydrogen-bond donors (Lipinski definition) is 1. The first kappa shape index (κ1) is 9.40. The van der Waals surface area contributed by atoms with Gasteiger partial charge in [-0.25, -0.2) is 0 Å². The molecule has 2 rings (SSSR count). The maximum Gasteiger partial charge on any atom is 0.223 e. The molecule has 76 valence electrons. The third-order valence-electron chi connectivity index (χ3n) is 2.72. The molecule has 0 unspecified atom stereocenters. The monoisotopic (exact) mass is 193 g/mol. The normalized spacial score (nSPS) is 28.1. The lowest BCUT2D eigenvalue weighted by atomic mass is 9.81. The van der Waals surface area contributed by atoms with Gasteiger partial charge in [-0.3, -0.25) is 0 Å². The minimum absolute atomic E-state index is 0.130. The van der Waals surface area contributed by atoms with Crippen LogP contribution in [0.15, 0.2) is 17.1 Å². The lowest BCUT2D eigenvalue weighted by Gasteiger charge is -2.29. The summed E-state index contributed by atoms with van der Waals surface area (Å²) in [7, 11) is 0. The summed E-state index contributed by atoms with van der Waals surface area (Å²) in [6.07, 6.45) is 3.72. The molecule has 1 heterocycles. The lowest BCUT2D eigenvalue weighted by molar-refractivity contribution is 0.286. The Bertz CT molecular complexity index is 328. The van der Waals surface area contributed by atoms with Crippen LogP contribution in [0.25, 0.3) is 0 Å². The van der Waals surface area contributed by atoms with Gasteiger partial charge in [-0.1, -0.05) is 13.0 Å². The van der Waals surface area contributed by atoms with Crippen LogP contribution in [0, 0.1) is 0 Å². The average Bonchev–Trinajstić information content (AvgIpc) is 2.60. The van der Waals surface area contributed by atoms with Crippen LogP contribution in [0.4, 0.5) is 0 Å². The van der Waals surface area contributed by atoms with Gasteiger partial charge >= 0.3 is 0 Å². The highest BCUT2D eigenvalue weighted by Gasteiger charge is 2.31. The average molecular weight is 193 g/mol. The summed E-state index contributed by atoms with van der Waals surface area (Å²) in [5.74, 6) is 1.89. The van der Waals surface area contributed by atoms with Crippen LogP contribution in [0.2, 0.25) is 0 Å². The molecule has 1 atom stereocenters. The van der Waals surface area contributed by atoms with Crippen molar-refractivity contribution in [3.8, 4) is 0 Å². The fraction of sp³-hybridized carbons (Fsp3) is 0.600. The van der Waals surface area contributed by atoms with Crippen LogP contribution >= 0.6 is 0 Å². The molecule has 1 saturated carbocycles. The third kappa shape index (κ3) is 1.57. The predicted molar refractivity (Wildman–Crippen MR) is 52.9 cm³/mol. The minimum atomic E-state index is 0.130. The van der Waals surface area contributed by atoms with Crippen molar-refractivity contribution in [3.05, 3.63) is 24.4 Å². The summed E-state index contributed by atoms with van der Waals surface area (Å²) in [6.45, 7) is 5.67. The molecule has 0 bridgehead atoms. The second kappa shape index (κ2) is 3.53. The van der Waals surface area contributed by atoms with Crippen LogP contribution in [0.3, 0.4) is 0 Å². The molecule has 14 heavy (non-hydrogen) atoms. The first-order chi connectivity index (χ1) is 6.70. The smallest absolute Gasteiger partial charge is 0.223 e. The van der Waals surface area contributed by atoms with E-state index in [0.717, 1.165) is 18.7 Å². The molecule has 0 amide bonds. The number of rotatable bonds is 3. The van der Waals surface area contributed by atoms with Crippen molar-refractivity contribution in [2.24, 2.45) is 5.73 Å². The first-order valence-corrected chi connectivity index (χ1v) is 4.92. The van der Waals surface area contributed by atoms with E-state index in [1.165, 1.54) is 0 Å². The van der Waals surface area contributed by atoms with Crippen molar-refractivity contribution >= 4 is 0 Å². The number of nitrogens with two attached hydrogens (primary N) is 1. The highest BCUT2D eigenvalue weighted by atomic mass is 16.4. The maximum absolute atomic E-state index is 5.69. The van der Waals surface area contributed by atoms with Crippen molar-refractivity contribution in [2.45, 2.75) is 37.6 Å². The van der Waals surface area contributed by atoms with Gasteiger partial charge in [0.25, 0.3) is 0 Å². The van der Waals surface area contributed by atoms with Crippen LogP contribution < -0.4 is 5.73 Å². The van der Waals surface area contributed by atoms with Crippen LogP contribution in [-0.4, -0.2) is 16.2 Å². The van der Waals surface area contributed by atoms with E-state index in [1.807, 2.05) is 6.92 Å². The molecule has 1 aliphatic carbocycles. The number of allylic oxidation sites excluding steroid dienone is 1. The molecule has 0 radical (unpaired) electrons. The van der Waals surface area contributed by atoms with E-state index in [2.05, 4.69) is 16.8 Å². The number of aromatic nitrogens is 2. The van der Waals surface area contributed by atoms with Gasteiger partial charge < -0.3 is 10.2 Å². The molecular weight excluding hydrogens is 178 g/mol. The molecule has 2 N–H and O–H groups in total. The van der Waals surface area contributed by atoms with Crippen molar-refractivity contribution in [2.75, 3.05) is 0 Å². The Hall–Kier alpha value is -1.16. The topological polar surface area (TPSA) is 64.9 Å². The maximum atomic E-state index is 5.69. The Labute approximate surface area is 83.2 Å². The number of nitrogens with zero attached hydrogens (tertiary/aromatic N) is 2. The van der Waals surface area contributed by atoms with Crippen molar-refractivity contribution < 1.29 is 4.42 Å². The summed E-state index contributed by atoms with van der Waals surface area (Å²) in [6, 6.07) is 0.312. The van der Waals surface area contributed by atoms with E-state index in [1.54, 1.807) is 6.08 Å². The van der Waals surface area contributed by atoms with Crippen molar-refractivity contribution in [3.63, 3.8) is 0 Å². The van der Waals surface area contributed by atoms with E-state index in [0.29, 0.717) is 17.9 Å². The second-order valence-electron chi connectivity index (χ2n) is 3.93. The fourth-order valence-corrected chi connectivity index (χ4v) is 1.56. The standard InChI is InChI=1S/C10H15N3O/c1-3-6(2)9-12-13-10(14-9)7-4-8(11)5-7/h3,6-8H,1,4-5,11H2,2H3/t6-,7-,8-/m1/s1. The van der Waals surface area contributed by atoms with Gasteiger partial charge in [0.1, 0.15) is 0 Å². The molecule has 0 spiro atoms. The van der Waals surface area contributed by atoms with Crippen molar-refractivity contribution in [1.29, 1.82) is 0 Å². The molecule has 1 aliphatic rings. The number of hydrogen-bond acceptors (Lipinski definition) is 4. The molecule has 1 fully saturated rings. The molecule has 0 saturated heterocycles. The fourth-order valence-electron chi connectivity index (χ4n) is 1.56. The molecule has 4 heteroatoms. The summed E-state index contributed by atoms with van der Waals surface area (Å²) in [5.41, 5.74) is 5.69. The molecular formula is C10H15N3O. The van der Waals surface area contributed by atoms with Crippen LogP contribution in [0.5, 0.6) is 0 Å². The van der Waals surface area contributed by atoms with Gasteiger partial charge in [0.15, 0.2) is 0 Å². The Kier molecular flexibility index (Phi) is 2.37. The van der Waals surface area contributed by atoms with E-state index >= 15 is 0 Å². The summed E-state index contributed by atoms with van der Waals surface area (Å²) < 4.78 is 5.54. The zero-order valence-electron chi connectivity index (χ0n) is 8.31. The van der Waals surface area contributed by atoms with Gasteiger partial charge in [0.2, 0.25) is 11.8 Å². The van der Waals surface area contributed by atoms with E-state index < -0.39 is 0 Å².